The lowest BCUT2D eigenvalue weighted by atomic mass is 9.87. The third-order valence-corrected chi connectivity index (χ3v) is 5.22. The van der Waals surface area contributed by atoms with Crippen molar-refractivity contribution in [2.45, 2.75) is 33.6 Å². The molecule has 0 heterocycles. The van der Waals surface area contributed by atoms with Gasteiger partial charge in [-0.05, 0) is 69.6 Å². The van der Waals surface area contributed by atoms with Crippen molar-refractivity contribution in [1.82, 2.24) is 0 Å². The Morgan fingerprint density at radius 3 is 2.00 bits per heavy atom. The minimum absolute atomic E-state index is 1.15. The number of fused-ring (bicyclic) bond motifs is 2. The van der Waals surface area contributed by atoms with Crippen molar-refractivity contribution in [2.24, 2.45) is 0 Å². The van der Waals surface area contributed by atoms with E-state index in [2.05, 4.69) is 87.5 Å². The zero-order valence-electron chi connectivity index (χ0n) is 15.3. The van der Waals surface area contributed by atoms with Gasteiger partial charge in [0, 0.05) is 0 Å². The Balaban J connectivity index is 2.07. The Morgan fingerprint density at radius 2 is 1.28 bits per heavy atom. The van der Waals surface area contributed by atoms with E-state index in [9.17, 15) is 0 Å². The van der Waals surface area contributed by atoms with Gasteiger partial charge in [0.05, 0.1) is 0 Å². The normalized spacial score (nSPS) is 11.3. The predicted octanol–water partition coefficient (Wildman–Crippen LogP) is 7.23. The molecule has 0 saturated heterocycles. The minimum Gasteiger partial charge on any atom is -0.0651 e. The van der Waals surface area contributed by atoms with E-state index in [1.807, 2.05) is 0 Å². The summed E-state index contributed by atoms with van der Waals surface area (Å²) in [6, 6.07) is 24.7. The van der Waals surface area contributed by atoms with E-state index in [1.54, 1.807) is 0 Å². The van der Waals surface area contributed by atoms with Crippen LogP contribution in [0.1, 0.15) is 30.0 Å². The molecule has 0 unspecified atom stereocenters. The Morgan fingerprint density at radius 1 is 0.640 bits per heavy atom. The van der Waals surface area contributed by atoms with E-state index in [0.717, 1.165) is 6.42 Å². The van der Waals surface area contributed by atoms with Gasteiger partial charge in [-0.25, -0.2) is 0 Å². The number of hydrogen-bond acceptors (Lipinski definition) is 0. The third kappa shape index (κ3) is 2.72. The number of benzene rings is 4. The smallest absolute Gasteiger partial charge is 0.00672 e. The highest BCUT2D eigenvalue weighted by Crippen LogP contribution is 2.38. The van der Waals surface area contributed by atoms with Crippen LogP contribution in [-0.4, -0.2) is 0 Å². The second-order valence-electron chi connectivity index (χ2n) is 7.04. The lowest BCUT2D eigenvalue weighted by Crippen LogP contribution is -1.92. The Bertz CT molecular complexity index is 1070. The van der Waals surface area contributed by atoms with E-state index >= 15 is 0 Å². The molecule has 124 valence electrons. The molecule has 0 aliphatic carbocycles. The van der Waals surface area contributed by atoms with Crippen LogP contribution >= 0.6 is 0 Å². The fourth-order valence-electron chi connectivity index (χ4n) is 3.98. The highest BCUT2D eigenvalue weighted by atomic mass is 14.2. The first-order valence-electron chi connectivity index (χ1n) is 9.20. The molecule has 0 N–H and O–H groups in total. The van der Waals surface area contributed by atoms with Crippen molar-refractivity contribution in [2.75, 3.05) is 0 Å². The van der Waals surface area contributed by atoms with E-state index in [0.29, 0.717) is 0 Å². The minimum atomic E-state index is 1.15. The molecule has 0 aliphatic rings. The average molecular weight is 324 g/mol. The lowest BCUT2D eigenvalue weighted by Gasteiger charge is -2.16. The fraction of sp³-hybridized carbons (Fsp3) is 0.200. The monoisotopic (exact) mass is 324 g/mol. The van der Waals surface area contributed by atoms with E-state index in [4.69, 9.17) is 0 Å². The molecule has 4 aromatic rings. The Kier molecular flexibility index (Phi) is 4.05. The summed E-state index contributed by atoms with van der Waals surface area (Å²) in [6.45, 7) is 6.70. The summed E-state index contributed by atoms with van der Waals surface area (Å²) in [5.74, 6) is 0. The highest BCUT2D eigenvalue weighted by Gasteiger charge is 2.13. The van der Waals surface area contributed by atoms with Crippen LogP contribution in [-0.2, 0) is 6.42 Å². The molecular formula is C25H24. The summed E-state index contributed by atoms with van der Waals surface area (Å²) in [4.78, 5) is 0. The molecule has 0 spiro atoms. The van der Waals surface area contributed by atoms with Crippen molar-refractivity contribution < 1.29 is 0 Å². The molecule has 0 saturated carbocycles. The molecule has 0 fully saturated rings. The number of rotatable bonds is 3. The van der Waals surface area contributed by atoms with Crippen molar-refractivity contribution in [3.63, 3.8) is 0 Å². The standard InChI is InChI=1S/C25H24/c1-4-7-19-12-15-23-21(16-19)14-11-18(3)25(23)24-17(2)10-13-20-8-5-6-9-22(20)24/h5-6,8-16H,4,7H2,1-3H3. The molecule has 0 nitrogen and oxygen atoms in total. The molecule has 4 rings (SSSR count). The summed E-state index contributed by atoms with van der Waals surface area (Å²) in [7, 11) is 0. The molecule has 4 aromatic carbocycles. The van der Waals surface area contributed by atoms with Gasteiger partial charge in [-0.3, -0.25) is 0 Å². The van der Waals surface area contributed by atoms with Gasteiger partial charge in [0.25, 0.3) is 0 Å². The van der Waals surface area contributed by atoms with Crippen LogP contribution in [0.3, 0.4) is 0 Å². The van der Waals surface area contributed by atoms with Gasteiger partial charge in [0.1, 0.15) is 0 Å². The summed E-state index contributed by atoms with van der Waals surface area (Å²) >= 11 is 0. The van der Waals surface area contributed by atoms with Crippen molar-refractivity contribution in [1.29, 1.82) is 0 Å². The van der Waals surface area contributed by atoms with E-state index in [1.165, 1.54) is 55.8 Å². The zero-order valence-corrected chi connectivity index (χ0v) is 15.3. The first-order valence-corrected chi connectivity index (χ1v) is 9.20. The van der Waals surface area contributed by atoms with Gasteiger partial charge in [-0.15, -0.1) is 0 Å². The van der Waals surface area contributed by atoms with Gasteiger partial charge in [-0.1, -0.05) is 80.1 Å². The van der Waals surface area contributed by atoms with Gasteiger partial charge in [-0.2, -0.15) is 0 Å². The maximum atomic E-state index is 2.36. The third-order valence-electron chi connectivity index (χ3n) is 5.22. The highest BCUT2D eigenvalue weighted by molar-refractivity contribution is 6.07. The lowest BCUT2D eigenvalue weighted by molar-refractivity contribution is 0.924. The van der Waals surface area contributed by atoms with Gasteiger partial charge >= 0.3 is 0 Å². The van der Waals surface area contributed by atoms with Gasteiger partial charge in [0.15, 0.2) is 0 Å². The maximum absolute atomic E-state index is 2.36. The Labute approximate surface area is 150 Å². The number of hydrogen-bond donors (Lipinski definition) is 0. The topological polar surface area (TPSA) is 0 Å². The predicted molar refractivity (Wildman–Crippen MR) is 110 cm³/mol. The molecule has 0 heteroatoms. The molecule has 0 radical (unpaired) electrons. The summed E-state index contributed by atoms with van der Waals surface area (Å²) in [5.41, 5.74) is 6.88. The second-order valence-corrected chi connectivity index (χ2v) is 7.04. The van der Waals surface area contributed by atoms with Crippen LogP contribution in [0.4, 0.5) is 0 Å². The van der Waals surface area contributed by atoms with E-state index < -0.39 is 0 Å². The summed E-state index contributed by atoms with van der Waals surface area (Å²) in [6.07, 6.45) is 2.33. The van der Waals surface area contributed by atoms with Crippen molar-refractivity contribution in [3.8, 4) is 11.1 Å². The summed E-state index contributed by atoms with van der Waals surface area (Å²) in [5, 5.41) is 5.36. The SMILES string of the molecule is CCCc1ccc2c(-c3c(C)ccc4ccccc34)c(C)ccc2c1. The molecule has 0 amide bonds. The molecule has 0 atom stereocenters. The second kappa shape index (κ2) is 6.37. The van der Waals surface area contributed by atoms with Crippen LogP contribution in [0.25, 0.3) is 32.7 Å². The molecule has 0 aliphatic heterocycles. The Hall–Kier alpha value is -2.60. The first-order chi connectivity index (χ1) is 12.2. The maximum Gasteiger partial charge on any atom is -0.00672 e. The van der Waals surface area contributed by atoms with Crippen molar-refractivity contribution >= 4 is 21.5 Å². The van der Waals surface area contributed by atoms with Crippen LogP contribution < -0.4 is 0 Å². The first kappa shape index (κ1) is 15.9. The molecule has 0 bridgehead atoms. The summed E-state index contributed by atoms with van der Waals surface area (Å²) < 4.78 is 0. The fourth-order valence-corrected chi connectivity index (χ4v) is 3.98. The average Bonchev–Trinajstić information content (AvgIpc) is 2.63. The largest absolute Gasteiger partial charge is 0.0651 e. The van der Waals surface area contributed by atoms with Crippen LogP contribution in [0.15, 0.2) is 66.7 Å². The van der Waals surface area contributed by atoms with E-state index in [-0.39, 0.29) is 0 Å². The van der Waals surface area contributed by atoms with Crippen LogP contribution in [0, 0.1) is 13.8 Å². The van der Waals surface area contributed by atoms with Crippen molar-refractivity contribution in [3.05, 3.63) is 83.4 Å². The molecule has 0 aromatic heterocycles. The van der Waals surface area contributed by atoms with Gasteiger partial charge in [0.2, 0.25) is 0 Å². The molecule has 25 heavy (non-hydrogen) atoms. The van der Waals surface area contributed by atoms with Gasteiger partial charge < -0.3 is 0 Å². The van der Waals surface area contributed by atoms with Crippen LogP contribution in [0.5, 0.6) is 0 Å². The molecular weight excluding hydrogens is 300 g/mol. The van der Waals surface area contributed by atoms with Crippen LogP contribution in [0.2, 0.25) is 0 Å². The quantitative estimate of drug-likeness (QED) is 0.373. The number of aryl methyl sites for hydroxylation is 3. The zero-order chi connectivity index (χ0) is 17.4.